The minimum absolute atomic E-state index is 0.503. The number of hydrogen-bond donors (Lipinski definition) is 1. The number of methoxy groups -OCH3 is 1. The molecule has 0 atom stereocenters. The van der Waals surface area contributed by atoms with E-state index in [0.717, 1.165) is 39.9 Å². The molecule has 2 rings (SSSR count). The van der Waals surface area contributed by atoms with E-state index in [2.05, 4.69) is 41.5 Å². The first kappa shape index (κ1) is 14.9. The summed E-state index contributed by atoms with van der Waals surface area (Å²) in [6.45, 7) is 7.25. The third-order valence-corrected chi connectivity index (χ3v) is 4.05. The molecule has 0 spiro atoms. The lowest BCUT2D eigenvalue weighted by atomic mass is 10.1. The van der Waals surface area contributed by atoms with Gasteiger partial charge in [0.2, 0.25) is 0 Å². The third-order valence-electron chi connectivity index (χ3n) is 3.01. The first-order valence-corrected chi connectivity index (χ1v) is 7.62. The van der Waals surface area contributed by atoms with Gasteiger partial charge in [0.05, 0.1) is 7.11 Å². The Morgan fingerprint density at radius 2 is 2.10 bits per heavy atom. The van der Waals surface area contributed by atoms with Crippen molar-refractivity contribution in [1.29, 1.82) is 0 Å². The van der Waals surface area contributed by atoms with Crippen molar-refractivity contribution in [2.75, 3.05) is 13.7 Å². The summed E-state index contributed by atoms with van der Waals surface area (Å²) < 4.78 is 5.35. The highest BCUT2D eigenvalue weighted by molar-refractivity contribution is 7.14. The third kappa shape index (κ3) is 3.77. The van der Waals surface area contributed by atoms with Gasteiger partial charge in [-0.3, -0.25) is 0 Å². The highest BCUT2D eigenvalue weighted by Gasteiger charge is 2.09. The van der Waals surface area contributed by atoms with Gasteiger partial charge in [-0.15, -0.1) is 10.2 Å². The van der Waals surface area contributed by atoms with E-state index in [1.807, 2.05) is 13.0 Å². The largest absolute Gasteiger partial charge is 0.496 e. The van der Waals surface area contributed by atoms with Crippen LogP contribution < -0.4 is 10.1 Å². The van der Waals surface area contributed by atoms with Gasteiger partial charge in [-0.2, -0.15) is 0 Å². The molecule has 0 unspecified atom stereocenters. The minimum atomic E-state index is 0.503. The topological polar surface area (TPSA) is 47.0 Å². The van der Waals surface area contributed by atoms with Crippen LogP contribution in [0.25, 0.3) is 10.6 Å². The molecule has 0 aliphatic heterocycles. The Bertz CT molecular complexity index is 566. The molecule has 108 valence electrons. The molecule has 0 amide bonds. The molecule has 0 saturated carbocycles. The van der Waals surface area contributed by atoms with E-state index in [1.54, 1.807) is 18.4 Å². The van der Waals surface area contributed by atoms with Crippen molar-refractivity contribution in [3.63, 3.8) is 0 Å². The van der Waals surface area contributed by atoms with Crippen LogP contribution >= 0.6 is 11.3 Å². The van der Waals surface area contributed by atoms with Crippen molar-refractivity contribution in [1.82, 2.24) is 15.5 Å². The summed E-state index contributed by atoms with van der Waals surface area (Å²) in [4.78, 5) is 0. The maximum absolute atomic E-state index is 5.35. The van der Waals surface area contributed by atoms with E-state index in [1.165, 1.54) is 0 Å². The zero-order valence-electron chi connectivity index (χ0n) is 12.4. The van der Waals surface area contributed by atoms with Crippen LogP contribution in [0.2, 0.25) is 0 Å². The summed E-state index contributed by atoms with van der Waals surface area (Å²) in [5.74, 6) is 0.890. The quantitative estimate of drug-likeness (QED) is 0.888. The van der Waals surface area contributed by atoms with Crippen molar-refractivity contribution >= 4 is 11.3 Å². The van der Waals surface area contributed by atoms with Crippen molar-refractivity contribution in [3.8, 4) is 16.3 Å². The molecule has 0 aliphatic carbocycles. The predicted molar refractivity (Wildman–Crippen MR) is 83.5 cm³/mol. The highest BCUT2D eigenvalue weighted by atomic mass is 32.1. The van der Waals surface area contributed by atoms with Gasteiger partial charge in [-0.1, -0.05) is 37.3 Å². The second kappa shape index (κ2) is 6.81. The lowest BCUT2D eigenvalue weighted by molar-refractivity contribution is 0.412. The molecule has 4 nitrogen and oxygen atoms in total. The molecule has 2 aromatic rings. The number of nitrogens with one attached hydrogen (secondary N) is 1. The van der Waals surface area contributed by atoms with Crippen LogP contribution in [0.4, 0.5) is 0 Å². The average Bonchev–Trinajstić information content (AvgIpc) is 2.87. The minimum Gasteiger partial charge on any atom is -0.496 e. The van der Waals surface area contributed by atoms with Crippen LogP contribution in [-0.4, -0.2) is 29.9 Å². The van der Waals surface area contributed by atoms with E-state index in [-0.39, 0.29) is 0 Å². The molecule has 0 radical (unpaired) electrons. The number of benzene rings is 1. The van der Waals surface area contributed by atoms with Gasteiger partial charge in [0.15, 0.2) is 0 Å². The molecule has 1 aromatic heterocycles. The Balaban J connectivity index is 2.08. The SMILES string of the molecule is COc1cc(-c2nnc(CCNC(C)C)s2)ccc1C. The zero-order valence-corrected chi connectivity index (χ0v) is 13.3. The smallest absolute Gasteiger partial charge is 0.147 e. The van der Waals surface area contributed by atoms with Gasteiger partial charge >= 0.3 is 0 Å². The van der Waals surface area contributed by atoms with Crippen molar-refractivity contribution in [3.05, 3.63) is 28.8 Å². The van der Waals surface area contributed by atoms with Gasteiger partial charge in [-0.25, -0.2) is 0 Å². The molecular formula is C15H21N3OS. The molecule has 5 heteroatoms. The van der Waals surface area contributed by atoms with Gasteiger partial charge < -0.3 is 10.1 Å². The summed E-state index contributed by atoms with van der Waals surface area (Å²) in [7, 11) is 1.69. The summed E-state index contributed by atoms with van der Waals surface area (Å²) in [6.07, 6.45) is 0.916. The Morgan fingerprint density at radius 3 is 2.80 bits per heavy atom. The summed E-state index contributed by atoms with van der Waals surface area (Å²) in [6, 6.07) is 6.64. The molecule has 1 heterocycles. The maximum atomic E-state index is 5.35. The highest BCUT2D eigenvalue weighted by Crippen LogP contribution is 2.28. The molecular weight excluding hydrogens is 270 g/mol. The van der Waals surface area contributed by atoms with E-state index >= 15 is 0 Å². The van der Waals surface area contributed by atoms with Crippen LogP contribution in [-0.2, 0) is 6.42 Å². The van der Waals surface area contributed by atoms with Gasteiger partial charge in [0.25, 0.3) is 0 Å². The molecule has 20 heavy (non-hydrogen) atoms. The molecule has 0 bridgehead atoms. The second-order valence-corrected chi connectivity index (χ2v) is 6.11. The van der Waals surface area contributed by atoms with Crippen molar-refractivity contribution in [2.45, 2.75) is 33.2 Å². The average molecular weight is 291 g/mol. The Hall–Kier alpha value is -1.46. The predicted octanol–water partition coefficient (Wildman–Crippen LogP) is 3.06. The van der Waals surface area contributed by atoms with E-state index in [9.17, 15) is 0 Å². The van der Waals surface area contributed by atoms with Crippen LogP contribution in [0.5, 0.6) is 5.75 Å². The van der Waals surface area contributed by atoms with Gasteiger partial charge in [0.1, 0.15) is 15.8 Å². The van der Waals surface area contributed by atoms with Gasteiger partial charge in [-0.05, 0) is 18.6 Å². The number of aromatic nitrogens is 2. The summed E-state index contributed by atoms with van der Waals surface area (Å²) in [5, 5.41) is 13.9. The Kier molecular flexibility index (Phi) is 5.09. The van der Waals surface area contributed by atoms with E-state index < -0.39 is 0 Å². The summed E-state index contributed by atoms with van der Waals surface area (Å²) >= 11 is 1.64. The fourth-order valence-electron chi connectivity index (χ4n) is 1.89. The standard InChI is InChI=1S/C15H21N3OS/c1-10(2)16-8-7-14-17-18-15(20-14)12-6-5-11(3)13(9-12)19-4/h5-6,9-10,16H,7-8H2,1-4H3. The van der Waals surface area contributed by atoms with Crippen LogP contribution in [0, 0.1) is 6.92 Å². The Labute approximate surface area is 124 Å². The monoisotopic (exact) mass is 291 g/mol. The number of aryl methyl sites for hydroxylation is 1. The first-order valence-electron chi connectivity index (χ1n) is 6.81. The van der Waals surface area contributed by atoms with E-state index in [0.29, 0.717) is 6.04 Å². The summed E-state index contributed by atoms with van der Waals surface area (Å²) in [5.41, 5.74) is 2.19. The number of nitrogens with zero attached hydrogens (tertiary/aromatic N) is 2. The Morgan fingerprint density at radius 1 is 1.30 bits per heavy atom. The maximum Gasteiger partial charge on any atom is 0.147 e. The fourth-order valence-corrected chi connectivity index (χ4v) is 2.73. The van der Waals surface area contributed by atoms with Crippen molar-refractivity contribution < 1.29 is 4.74 Å². The van der Waals surface area contributed by atoms with Gasteiger partial charge in [0, 0.05) is 24.6 Å². The fraction of sp³-hybridized carbons (Fsp3) is 0.467. The second-order valence-electron chi connectivity index (χ2n) is 5.04. The lowest BCUT2D eigenvalue weighted by Gasteiger charge is -2.05. The molecule has 1 aromatic carbocycles. The molecule has 1 N–H and O–H groups in total. The number of hydrogen-bond acceptors (Lipinski definition) is 5. The zero-order chi connectivity index (χ0) is 14.5. The lowest BCUT2D eigenvalue weighted by Crippen LogP contribution is -2.24. The van der Waals surface area contributed by atoms with Crippen LogP contribution in [0.3, 0.4) is 0 Å². The first-order chi connectivity index (χ1) is 9.60. The van der Waals surface area contributed by atoms with Crippen molar-refractivity contribution in [2.24, 2.45) is 0 Å². The molecule has 0 fully saturated rings. The number of ether oxygens (including phenoxy) is 1. The normalized spacial score (nSPS) is 11.1. The number of rotatable bonds is 6. The van der Waals surface area contributed by atoms with Crippen LogP contribution in [0.1, 0.15) is 24.4 Å². The van der Waals surface area contributed by atoms with E-state index in [4.69, 9.17) is 4.74 Å². The van der Waals surface area contributed by atoms with Crippen LogP contribution in [0.15, 0.2) is 18.2 Å². The molecule has 0 aliphatic rings. The molecule has 0 saturated heterocycles.